The fourth-order valence-corrected chi connectivity index (χ4v) is 2.61. The summed E-state index contributed by atoms with van der Waals surface area (Å²) >= 11 is 13.5. The van der Waals surface area contributed by atoms with Crippen molar-refractivity contribution in [1.82, 2.24) is 0 Å². The molecule has 13 heavy (non-hydrogen) atoms. The van der Waals surface area contributed by atoms with Gasteiger partial charge in [0.05, 0.1) is 0 Å². The molecule has 1 aromatic carbocycles. The largest absolute Gasteiger partial charge is 0.278 e. The molecule has 0 amide bonds. The maximum atomic E-state index is 5.88. The van der Waals surface area contributed by atoms with Gasteiger partial charge in [-0.1, -0.05) is 23.2 Å². The zero-order valence-corrected chi connectivity index (χ0v) is 9.03. The Morgan fingerprint density at radius 3 is 2.46 bits per heavy atom. The van der Waals surface area contributed by atoms with E-state index in [0.717, 1.165) is 11.3 Å². The molecule has 0 aromatic heterocycles. The number of aliphatic imine (C=N–C) groups is 1. The molecule has 0 spiro atoms. The van der Waals surface area contributed by atoms with Crippen LogP contribution in [0.2, 0.25) is 10.0 Å². The Morgan fingerprint density at radius 2 is 1.92 bits per heavy atom. The smallest absolute Gasteiger partial charge is 0.120 e. The maximum absolute atomic E-state index is 5.88. The van der Waals surface area contributed by atoms with Crippen LogP contribution in [-0.4, -0.2) is 12.0 Å². The Bertz CT molecular complexity index is 331. The van der Waals surface area contributed by atoms with Crippen LogP contribution in [0.15, 0.2) is 23.2 Å². The summed E-state index contributed by atoms with van der Waals surface area (Å²) in [4.78, 5) is 4.31. The average Bonchev–Trinajstić information content (AvgIpc) is 2.53. The first-order chi connectivity index (χ1) is 6.25. The van der Waals surface area contributed by atoms with Gasteiger partial charge in [-0.3, -0.25) is 4.99 Å². The standard InChI is InChI=1S/C9H7Cl2NS/c10-7-3-6(4-8(11)5-7)9-12-1-2-13-9/h1,3-5,9H,2H2. The van der Waals surface area contributed by atoms with E-state index >= 15 is 0 Å². The lowest BCUT2D eigenvalue weighted by atomic mass is 10.2. The lowest BCUT2D eigenvalue weighted by Gasteiger charge is -2.07. The summed E-state index contributed by atoms with van der Waals surface area (Å²) < 4.78 is 0. The number of hydrogen-bond acceptors (Lipinski definition) is 2. The van der Waals surface area contributed by atoms with Crippen molar-refractivity contribution >= 4 is 41.2 Å². The third-order valence-corrected chi connectivity index (χ3v) is 3.23. The van der Waals surface area contributed by atoms with Crippen LogP contribution in [0.4, 0.5) is 0 Å². The highest BCUT2D eigenvalue weighted by Crippen LogP contribution is 2.35. The van der Waals surface area contributed by atoms with Crippen LogP contribution in [0.1, 0.15) is 10.9 Å². The summed E-state index contributed by atoms with van der Waals surface area (Å²) in [5, 5.41) is 1.52. The summed E-state index contributed by atoms with van der Waals surface area (Å²) in [6.45, 7) is 0. The van der Waals surface area contributed by atoms with Crippen molar-refractivity contribution in [2.45, 2.75) is 5.37 Å². The van der Waals surface area contributed by atoms with Gasteiger partial charge in [0.1, 0.15) is 5.37 Å². The van der Waals surface area contributed by atoms with Gasteiger partial charge in [0.15, 0.2) is 0 Å². The lowest BCUT2D eigenvalue weighted by molar-refractivity contribution is 1.06. The van der Waals surface area contributed by atoms with Gasteiger partial charge in [-0.25, -0.2) is 0 Å². The lowest BCUT2D eigenvalue weighted by Crippen LogP contribution is -1.86. The normalized spacial score (nSPS) is 20.9. The van der Waals surface area contributed by atoms with Crippen LogP contribution in [0, 0.1) is 0 Å². The molecule has 0 aliphatic carbocycles. The molecule has 1 unspecified atom stereocenters. The van der Waals surface area contributed by atoms with Gasteiger partial charge in [0.2, 0.25) is 0 Å². The Balaban J connectivity index is 2.34. The van der Waals surface area contributed by atoms with Gasteiger partial charge in [0.25, 0.3) is 0 Å². The second kappa shape index (κ2) is 3.91. The number of hydrogen-bond donors (Lipinski definition) is 0. The van der Waals surface area contributed by atoms with Crippen molar-refractivity contribution in [1.29, 1.82) is 0 Å². The number of nitrogens with zero attached hydrogens (tertiary/aromatic N) is 1. The predicted octanol–water partition coefficient (Wildman–Crippen LogP) is 3.81. The molecule has 68 valence electrons. The minimum absolute atomic E-state index is 0.177. The second-order valence-electron chi connectivity index (χ2n) is 2.72. The van der Waals surface area contributed by atoms with Gasteiger partial charge >= 0.3 is 0 Å². The fourth-order valence-electron chi connectivity index (χ4n) is 1.22. The molecular formula is C9H7Cl2NS. The molecule has 1 aliphatic heterocycles. The van der Waals surface area contributed by atoms with Crippen LogP contribution >= 0.6 is 35.0 Å². The average molecular weight is 232 g/mol. The van der Waals surface area contributed by atoms with Crippen molar-refractivity contribution in [3.05, 3.63) is 33.8 Å². The van der Waals surface area contributed by atoms with E-state index in [9.17, 15) is 0 Å². The molecule has 2 rings (SSSR count). The molecule has 1 nitrogen and oxygen atoms in total. The Morgan fingerprint density at radius 1 is 1.23 bits per heavy atom. The maximum Gasteiger partial charge on any atom is 0.120 e. The molecule has 1 aromatic rings. The number of rotatable bonds is 1. The highest BCUT2D eigenvalue weighted by atomic mass is 35.5. The van der Waals surface area contributed by atoms with Crippen LogP contribution in [-0.2, 0) is 0 Å². The van der Waals surface area contributed by atoms with Crippen LogP contribution in [0.25, 0.3) is 0 Å². The van der Waals surface area contributed by atoms with Crippen LogP contribution in [0.3, 0.4) is 0 Å². The van der Waals surface area contributed by atoms with Crippen LogP contribution < -0.4 is 0 Å². The van der Waals surface area contributed by atoms with Crippen molar-refractivity contribution in [3.8, 4) is 0 Å². The molecule has 1 aliphatic rings. The van der Waals surface area contributed by atoms with E-state index in [1.54, 1.807) is 17.8 Å². The minimum atomic E-state index is 0.177. The Hall–Kier alpha value is -0.180. The molecule has 1 heterocycles. The van der Waals surface area contributed by atoms with Gasteiger partial charge in [-0.2, -0.15) is 0 Å². The number of benzene rings is 1. The van der Waals surface area contributed by atoms with Gasteiger partial charge < -0.3 is 0 Å². The Kier molecular flexibility index (Phi) is 2.82. The minimum Gasteiger partial charge on any atom is -0.278 e. The number of thioether (sulfide) groups is 1. The predicted molar refractivity (Wildman–Crippen MR) is 60.2 cm³/mol. The molecule has 4 heteroatoms. The molecule has 0 bridgehead atoms. The summed E-state index contributed by atoms with van der Waals surface area (Å²) in [5.41, 5.74) is 1.08. The SMILES string of the molecule is Clc1cc(Cl)cc(C2N=CCS2)c1. The topological polar surface area (TPSA) is 12.4 Å². The zero-order chi connectivity index (χ0) is 9.26. The summed E-state index contributed by atoms with van der Waals surface area (Å²) in [6.07, 6.45) is 1.92. The number of halogens is 2. The summed E-state index contributed by atoms with van der Waals surface area (Å²) in [5.74, 6) is 0.967. The summed E-state index contributed by atoms with van der Waals surface area (Å²) in [6, 6.07) is 5.55. The van der Waals surface area contributed by atoms with Gasteiger partial charge in [0, 0.05) is 22.0 Å². The van der Waals surface area contributed by atoms with E-state index in [1.807, 2.05) is 18.3 Å². The van der Waals surface area contributed by atoms with E-state index < -0.39 is 0 Å². The fraction of sp³-hybridized carbons (Fsp3) is 0.222. The highest BCUT2D eigenvalue weighted by Gasteiger charge is 2.14. The van der Waals surface area contributed by atoms with Crippen molar-refractivity contribution in [2.24, 2.45) is 4.99 Å². The second-order valence-corrected chi connectivity index (χ2v) is 4.71. The van der Waals surface area contributed by atoms with Crippen molar-refractivity contribution in [2.75, 3.05) is 5.75 Å². The molecule has 0 N–H and O–H groups in total. The first-order valence-corrected chi connectivity index (χ1v) is 5.65. The van der Waals surface area contributed by atoms with Gasteiger partial charge in [-0.15, -0.1) is 11.8 Å². The third-order valence-electron chi connectivity index (χ3n) is 1.74. The van der Waals surface area contributed by atoms with Gasteiger partial charge in [-0.05, 0) is 23.8 Å². The van der Waals surface area contributed by atoms with E-state index in [-0.39, 0.29) is 5.37 Å². The molecule has 0 fully saturated rings. The quantitative estimate of drug-likeness (QED) is 0.717. The van der Waals surface area contributed by atoms with E-state index in [1.165, 1.54) is 0 Å². The third kappa shape index (κ3) is 2.19. The summed E-state index contributed by atoms with van der Waals surface area (Å²) in [7, 11) is 0. The molecule has 0 saturated carbocycles. The monoisotopic (exact) mass is 231 g/mol. The molecular weight excluding hydrogens is 225 g/mol. The van der Waals surface area contributed by atoms with Crippen molar-refractivity contribution in [3.63, 3.8) is 0 Å². The first-order valence-electron chi connectivity index (χ1n) is 3.85. The van der Waals surface area contributed by atoms with Crippen LogP contribution in [0.5, 0.6) is 0 Å². The van der Waals surface area contributed by atoms with E-state index in [2.05, 4.69) is 4.99 Å². The highest BCUT2D eigenvalue weighted by molar-refractivity contribution is 8.00. The zero-order valence-electron chi connectivity index (χ0n) is 6.71. The molecule has 0 saturated heterocycles. The first kappa shape index (κ1) is 9.38. The molecule has 0 radical (unpaired) electrons. The Labute approximate surface area is 91.1 Å². The van der Waals surface area contributed by atoms with E-state index in [4.69, 9.17) is 23.2 Å². The van der Waals surface area contributed by atoms with Crippen molar-refractivity contribution < 1.29 is 0 Å². The molecule has 1 atom stereocenters. The van der Waals surface area contributed by atoms with E-state index in [0.29, 0.717) is 10.0 Å².